The molecular weight excluding hydrogens is 432 g/mol. The predicted octanol–water partition coefficient (Wildman–Crippen LogP) is 4.25. The number of carbonyl (C=O) groups is 2. The van der Waals surface area contributed by atoms with Gasteiger partial charge in [0.05, 0.1) is 18.1 Å². The first-order chi connectivity index (χ1) is 15.4. The van der Waals surface area contributed by atoms with Crippen molar-refractivity contribution >= 4 is 46.3 Å². The molecule has 32 heavy (non-hydrogen) atoms. The zero-order chi connectivity index (χ0) is 22.5. The zero-order valence-electron chi connectivity index (χ0n) is 16.8. The fourth-order valence-corrected chi connectivity index (χ4v) is 4.18. The van der Waals surface area contributed by atoms with Gasteiger partial charge >= 0.3 is 6.09 Å². The number of hydrogen-bond acceptors (Lipinski definition) is 5. The second-order valence-electron chi connectivity index (χ2n) is 7.27. The molecule has 5 rings (SSSR count). The van der Waals surface area contributed by atoms with Crippen LogP contribution >= 0.6 is 11.6 Å². The lowest BCUT2D eigenvalue weighted by atomic mass is 9.93. The molecule has 1 aliphatic heterocycles. The highest BCUT2D eigenvalue weighted by molar-refractivity contribution is 6.31. The van der Waals surface area contributed by atoms with Gasteiger partial charge in [-0.3, -0.25) is 15.0 Å². The predicted molar refractivity (Wildman–Crippen MR) is 120 cm³/mol. The summed E-state index contributed by atoms with van der Waals surface area (Å²) in [5, 5.41) is 15.0. The number of rotatable bonds is 3. The third-order valence-corrected chi connectivity index (χ3v) is 5.65. The zero-order valence-corrected chi connectivity index (χ0v) is 17.6. The number of fused-ring (bicyclic) bond motifs is 2. The van der Waals surface area contributed by atoms with Crippen molar-refractivity contribution < 1.29 is 19.4 Å². The number of anilines is 2. The second kappa shape index (κ2) is 7.37. The van der Waals surface area contributed by atoms with Crippen LogP contribution in [-0.4, -0.2) is 34.2 Å². The van der Waals surface area contributed by atoms with Crippen molar-refractivity contribution in [2.45, 2.75) is 5.72 Å². The molecule has 3 aromatic carbocycles. The van der Waals surface area contributed by atoms with E-state index in [1.54, 1.807) is 66.7 Å². The molecule has 2 heterocycles. The molecule has 1 aromatic heterocycles. The van der Waals surface area contributed by atoms with Crippen LogP contribution in [0.25, 0.3) is 11.0 Å². The van der Waals surface area contributed by atoms with Crippen LogP contribution in [0, 0.1) is 0 Å². The Labute approximate surface area is 187 Å². The number of nitrogens with zero attached hydrogens (tertiary/aromatic N) is 2. The SMILES string of the molecule is COC(=O)Nc1nc2ccc(C3(O)c4ccccc4C(=O)N3c3cccc(Cl)c3)cc2[nH]1. The van der Waals surface area contributed by atoms with E-state index < -0.39 is 11.8 Å². The van der Waals surface area contributed by atoms with Crippen molar-refractivity contribution in [3.63, 3.8) is 0 Å². The van der Waals surface area contributed by atoms with Crippen LogP contribution in [0.3, 0.4) is 0 Å². The molecule has 4 aromatic rings. The summed E-state index contributed by atoms with van der Waals surface area (Å²) in [5.41, 5.74) is 1.09. The molecule has 1 atom stereocenters. The first-order valence-corrected chi connectivity index (χ1v) is 10.1. The summed E-state index contributed by atoms with van der Waals surface area (Å²) in [6, 6.07) is 18.8. The molecule has 1 unspecified atom stereocenters. The maximum Gasteiger partial charge on any atom is 0.413 e. The fourth-order valence-electron chi connectivity index (χ4n) is 4.00. The molecule has 0 saturated heterocycles. The van der Waals surface area contributed by atoms with Crippen molar-refractivity contribution in [1.29, 1.82) is 0 Å². The summed E-state index contributed by atoms with van der Waals surface area (Å²) in [5.74, 6) is -0.145. The number of imidazole rings is 1. The molecule has 0 aliphatic carbocycles. The van der Waals surface area contributed by atoms with Gasteiger partial charge in [-0.05, 0) is 36.4 Å². The number of amides is 2. The number of ether oxygens (including phenoxy) is 1. The molecule has 8 nitrogen and oxygen atoms in total. The number of benzene rings is 3. The first-order valence-electron chi connectivity index (χ1n) is 9.69. The lowest BCUT2D eigenvalue weighted by Crippen LogP contribution is -2.45. The van der Waals surface area contributed by atoms with Gasteiger partial charge < -0.3 is 14.8 Å². The number of nitrogens with one attached hydrogen (secondary N) is 2. The van der Waals surface area contributed by atoms with E-state index in [2.05, 4.69) is 20.0 Å². The van der Waals surface area contributed by atoms with Gasteiger partial charge in [0.2, 0.25) is 5.95 Å². The number of aromatic nitrogens is 2. The van der Waals surface area contributed by atoms with Crippen molar-refractivity contribution in [2.24, 2.45) is 0 Å². The van der Waals surface area contributed by atoms with E-state index in [4.69, 9.17) is 11.6 Å². The second-order valence-corrected chi connectivity index (χ2v) is 7.71. The minimum atomic E-state index is -1.78. The molecule has 0 fully saturated rings. The van der Waals surface area contributed by atoms with Crippen LogP contribution in [0.15, 0.2) is 66.7 Å². The highest BCUT2D eigenvalue weighted by atomic mass is 35.5. The lowest BCUT2D eigenvalue weighted by Gasteiger charge is -2.35. The van der Waals surface area contributed by atoms with Crippen molar-refractivity contribution in [3.8, 4) is 0 Å². The Bertz CT molecular complexity index is 1390. The number of methoxy groups -OCH3 is 1. The third-order valence-electron chi connectivity index (χ3n) is 5.42. The average molecular weight is 449 g/mol. The summed E-state index contributed by atoms with van der Waals surface area (Å²) in [4.78, 5) is 33.5. The molecule has 0 bridgehead atoms. The van der Waals surface area contributed by atoms with E-state index in [0.29, 0.717) is 38.4 Å². The van der Waals surface area contributed by atoms with Gasteiger partial charge in [0.25, 0.3) is 5.91 Å². The first kappa shape index (κ1) is 20.0. The number of halogens is 1. The van der Waals surface area contributed by atoms with Gasteiger partial charge in [0, 0.05) is 27.4 Å². The largest absolute Gasteiger partial charge is 0.453 e. The van der Waals surface area contributed by atoms with Crippen LogP contribution < -0.4 is 10.2 Å². The van der Waals surface area contributed by atoms with Crippen molar-refractivity contribution in [1.82, 2.24) is 9.97 Å². The van der Waals surface area contributed by atoms with Crippen LogP contribution in [-0.2, 0) is 10.5 Å². The highest BCUT2D eigenvalue weighted by Crippen LogP contribution is 2.45. The summed E-state index contributed by atoms with van der Waals surface area (Å²) >= 11 is 6.18. The minimum absolute atomic E-state index is 0.200. The van der Waals surface area contributed by atoms with Gasteiger partial charge in [0.1, 0.15) is 0 Å². The number of hydrogen-bond donors (Lipinski definition) is 3. The Morgan fingerprint density at radius 1 is 1.16 bits per heavy atom. The standard InChI is InChI=1S/C23H17ClN4O4/c1-32-22(30)27-21-25-18-10-9-13(11-19(18)26-21)23(31)17-8-3-2-7-16(17)20(29)28(23)15-6-4-5-14(24)12-15/h2-12,31H,1H3,(H2,25,26,27,30). The van der Waals surface area contributed by atoms with Crippen molar-refractivity contribution in [2.75, 3.05) is 17.3 Å². The van der Waals surface area contributed by atoms with Gasteiger partial charge in [-0.25, -0.2) is 9.78 Å². The molecule has 160 valence electrons. The van der Waals surface area contributed by atoms with Crippen LogP contribution in [0.5, 0.6) is 0 Å². The summed E-state index contributed by atoms with van der Waals surface area (Å²) in [7, 11) is 1.25. The van der Waals surface area contributed by atoms with E-state index in [-0.39, 0.29) is 11.9 Å². The fraction of sp³-hybridized carbons (Fsp3) is 0.0870. The highest BCUT2D eigenvalue weighted by Gasteiger charge is 2.50. The molecule has 1 aliphatic rings. The molecule has 0 saturated carbocycles. The maximum absolute atomic E-state index is 13.4. The monoisotopic (exact) mass is 448 g/mol. The van der Waals surface area contributed by atoms with E-state index in [0.717, 1.165) is 0 Å². The lowest BCUT2D eigenvalue weighted by molar-refractivity contribution is 0.0704. The van der Waals surface area contributed by atoms with E-state index in [9.17, 15) is 14.7 Å². The molecule has 3 N–H and O–H groups in total. The topological polar surface area (TPSA) is 108 Å². The normalized spacial score (nSPS) is 17.5. The van der Waals surface area contributed by atoms with Crippen LogP contribution in [0.2, 0.25) is 5.02 Å². The number of carbonyl (C=O) groups excluding carboxylic acids is 2. The van der Waals surface area contributed by atoms with Gasteiger partial charge in [-0.15, -0.1) is 0 Å². The van der Waals surface area contributed by atoms with E-state index >= 15 is 0 Å². The smallest absolute Gasteiger partial charge is 0.413 e. The van der Waals surface area contributed by atoms with Crippen molar-refractivity contribution in [3.05, 3.63) is 88.4 Å². The summed E-state index contributed by atoms with van der Waals surface area (Å²) < 4.78 is 4.59. The Hall–Kier alpha value is -3.88. The number of aliphatic hydroxyl groups is 1. The summed E-state index contributed by atoms with van der Waals surface area (Å²) in [6.45, 7) is 0. The van der Waals surface area contributed by atoms with Gasteiger partial charge in [0.15, 0.2) is 5.72 Å². The van der Waals surface area contributed by atoms with E-state index in [1.165, 1.54) is 12.0 Å². The Kier molecular flexibility index (Phi) is 4.61. The molecular formula is C23H17ClN4O4. The van der Waals surface area contributed by atoms with Crippen LogP contribution in [0.1, 0.15) is 21.5 Å². The number of H-pyrrole nitrogens is 1. The quantitative estimate of drug-likeness (QED) is 0.434. The molecule has 0 radical (unpaired) electrons. The van der Waals surface area contributed by atoms with Crippen LogP contribution in [0.4, 0.5) is 16.4 Å². The summed E-state index contributed by atoms with van der Waals surface area (Å²) in [6.07, 6.45) is -0.662. The van der Waals surface area contributed by atoms with E-state index in [1.807, 2.05) is 0 Å². The van der Waals surface area contributed by atoms with Gasteiger partial charge in [-0.1, -0.05) is 41.9 Å². The maximum atomic E-state index is 13.4. The average Bonchev–Trinajstić information content (AvgIpc) is 3.29. The minimum Gasteiger partial charge on any atom is -0.453 e. The Balaban J connectivity index is 1.68. The van der Waals surface area contributed by atoms with Gasteiger partial charge in [-0.2, -0.15) is 0 Å². The third kappa shape index (κ3) is 3.00. The molecule has 0 spiro atoms. The Morgan fingerprint density at radius 3 is 2.75 bits per heavy atom. The number of aromatic amines is 1. The molecule has 2 amide bonds. The molecule has 9 heteroatoms. The Morgan fingerprint density at radius 2 is 1.97 bits per heavy atom.